The molecule has 0 aromatic rings. The van der Waals surface area contributed by atoms with Crippen LogP contribution in [0.5, 0.6) is 0 Å². The van der Waals surface area contributed by atoms with Gasteiger partial charge in [-0.05, 0) is 67.8 Å². The van der Waals surface area contributed by atoms with Crippen LogP contribution < -0.4 is 5.32 Å². The van der Waals surface area contributed by atoms with Gasteiger partial charge >= 0.3 is 5.97 Å². The molecule has 4 aliphatic rings. The van der Waals surface area contributed by atoms with Crippen LogP contribution in [0.15, 0.2) is 11.6 Å². The van der Waals surface area contributed by atoms with Gasteiger partial charge in [-0.1, -0.05) is 19.4 Å². The third-order valence-electron chi connectivity index (χ3n) is 10.4. The Morgan fingerprint density at radius 1 is 1.10 bits per heavy atom. The Hall–Kier alpha value is -2.14. The number of hydrogen-bond acceptors (Lipinski definition) is 9. The number of ether oxygens (including phenoxy) is 3. The normalized spacial score (nSPS) is 37.4. The van der Waals surface area contributed by atoms with Gasteiger partial charge in [0.15, 0.2) is 18.7 Å². The molecule has 0 unspecified atom stereocenters. The Morgan fingerprint density at radius 3 is 2.51 bits per heavy atom. The zero-order valence-corrected chi connectivity index (χ0v) is 23.5. The number of aliphatic hydroxyl groups is 2. The fraction of sp³-hybridized carbons (Fsp3) is 0.793. The second-order valence-corrected chi connectivity index (χ2v) is 12.3. The first-order chi connectivity index (χ1) is 18.4. The van der Waals surface area contributed by atoms with Crippen molar-refractivity contribution in [2.24, 2.45) is 28.6 Å². The standard InChI is InChI=1S/C29H43NO9/c1-27-11-9-18(31)13-17(27)5-6-19-20-10-12-29(36,28(20,2)14-21(32)26(19)27)22(33)16-39-24(35)8-7-23(34)30-15-25(37-3)38-4/h13,19-21,25-26,32,36H,5-12,14-16H2,1-4H3,(H,30,34)/t19-,20+,21+,26-,27-,28-,29-/m0/s1. The summed E-state index contributed by atoms with van der Waals surface area (Å²) in [6, 6.07) is 0. The second kappa shape index (κ2) is 11.4. The minimum absolute atomic E-state index is 0.0202. The fourth-order valence-electron chi connectivity index (χ4n) is 8.25. The maximum atomic E-state index is 13.3. The third-order valence-corrected chi connectivity index (χ3v) is 10.4. The molecule has 0 saturated heterocycles. The first-order valence-electron chi connectivity index (χ1n) is 14.0. The number of fused-ring (bicyclic) bond motifs is 5. The van der Waals surface area contributed by atoms with Crippen molar-refractivity contribution in [3.8, 4) is 0 Å². The van der Waals surface area contributed by atoms with Gasteiger partial charge in [0.2, 0.25) is 11.7 Å². The number of ketones is 2. The summed E-state index contributed by atoms with van der Waals surface area (Å²) in [5.41, 5.74) is -1.68. The maximum absolute atomic E-state index is 13.3. The average Bonchev–Trinajstić information content (AvgIpc) is 3.17. The van der Waals surface area contributed by atoms with Crippen molar-refractivity contribution < 1.29 is 43.6 Å². The molecule has 39 heavy (non-hydrogen) atoms. The van der Waals surface area contributed by atoms with Crippen LogP contribution in [0.25, 0.3) is 0 Å². The Morgan fingerprint density at radius 2 is 1.82 bits per heavy atom. The zero-order valence-electron chi connectivity index (χ0n) is 23.5. The summed E-state index contributed by atoms with van der Waals surface area (Å²) >= 11 is 0. The molecule has 0 aromatic heterocycles. The van der Waals surface area contributed by atoms with E-state index in [1.54, 1.807) is 6.08 Å². The van der Waals surface area contributed by atoms with E-state index in [1.807, 2.05) is 6.92 Å². The van der Waals surface area contributed by atoms with Crippen LogP contribution in [-0.4, -0.2) is 79.0 Å². The summed E-state index contributed by atoms with van der Waals surface area (Å²) in [5, 5.41) is 25.8. The largest absolute Gasteiger partial charge is 0.458 e. The molecule has 0 aromatic carbocycles. The van der Waals surface area contributed by atoms with E-state index in [2.05, 4.69) is 12.2 Å². The molecule has 0 aliphatic heterocycles. The highest BCUT2D eigenvalue weighted by Gasteiger charge is 2.68. The van der Waals surface area contributed by atoms with Crippen LogP contribution in [0.4, 0.5) is 0 Å². The van der Waals surface area contributed by atoms with Crippen molar-refractivity contribution >= 4 is 23.4 Å². The Kier molecular flexibility index (Phi) is 8.71. The third kappa shape index (κ3) is 5.33. The molecule has 218 valence electrons. The minimum atomic E-state index is -1.71. The molecule has 10 nitrogen and oxygen atoms in total. The van der Waals surface area contributed by atoms with E-state index in [4.69, 9.17) is 14.2 Å². The van der Waals surface area contributed by atoms with Crippen LogP contribution in [-0.2, 0) is 33.4 Å². The first kappa shape index (κ1) is 29.8. The molecule has 4 aliphatic carbocycles. The van der Waals surface area contributed by atoms with Crippen molar-refractivity contribution in [1.82, 2.24) is 5.32 Å². The number of rotatable bonds is 10. The number of methoxy groups -OCH3 is 2. The van der Waals surface area contributed by atoms with Crippen molar-refractivity contribution in [3.05, 3.63) is 11.6 Å². The van der Waals surface area contributed by atoms with Crippen LogP contribution in [0.2, 0.25) is 0 Å². The lowest BCUT2D eigenvalue weighted by atomic mass is 9.45. The van der Waals surface area contributed by atoms with Gasteiger partial charge in [0, 0.05) is 32.5 Å². The number of allylic oxidation sites excluding steroid dienone is 1. The highest BCUT2D eigenvalue weighted by atomic mass is 16.7. The van der Waals surface area contributed by atoms with E-state index in [1.165, 1.54) is 14.2 Å². The molecule has 10 heteroatoms. The fourth-order valence-corrected chi connectivity index (χ4v) is 8.25. The SMILES string of the molecule is COC(CNC(=O)CCC(=O)OCC(=O)[C@@]1(O)CC[C@@H]2[C@@H]3CCC4=CC(=O)CC[C@]4(C)[C@@H]3[C@H](O)C[C@@]21C)OC. The van der Waals surface area contributed by atoms with Gasteiger partial charge in [-0.25, -0.2) is 0 Å². The smallest absolute Gasteiger partial charge is 0.306 e. The second-order valence-electron chi connectivity index (χ2n) is 12.3. The number of aliphatic hydroxyl groups excluding tert-OH is 1. The quantitative estimate of drug-likeness (QED) is 0.274. The molecule has 3 N–H and O–H groups in total. The lowest BCUT2D eigenvalue weighted by Crippen LogP contribution is -2.62. The molecular formula is C29H43NO9. The predicted molar refractivity (Wildman–Crippen MR) is 139 cm³/mol. The predicted octanol–water partition coefficient (Wildman–Crippen LogP) is 1.85. The van der Waals surface area contributed by atoms with Crippen LogP contribution >= 0.6 is 0 Å². The van der Waals surface area contributed by atoms with E-state index in [-0.39, 0.29) is 67.1 Å². The van der Waals surface area contributed by atoms with E-state index < -0.39 is 41.8 Å². The van der Waals surface area contributed by atoms with E-state index in [9.17, 15) is 29.4 Å². The highest BCUT2D eigenvalue weighted by molar-refractivity contribution is 5.92. The average molecular weight is 550 g/mol. The molecule has 7 atom stereocenters. The summed E-state index contributed by atoms with van der Waals surface area (Å²) in [7, 11) is 2.90. The number of carbonyl (C=O) groups excluding carboxylic acids is 4. The van der Waals surface area contributed by atoms with Crippen molar-refractivity contribution in [3.63, 3.8) is 0 Å². The summed E-state index contributed by atoms with van der Waals surface area (Å²) in [6.07, 6.45) is 4.13. The number of carbonyl (C=O) groups is 4. The molecule has 3 saturated carbocycles. The first-order valence-corrected chi connectivity index (χ1v) is 14.0. The van der Waals surface area contributed by atoms with Gasteiger partial charge in [0.05, 0.1) is 19.1 Å². The van der Waals surface area contributed by atoms with Crippen LogP contribution in [0.3, 0.4) is 0 Å². The number of hydrogen-bond donors (Lipinski definition) is 3. The molecule has 0 heterocycles. The minimum Gasteiger partial charge on any atom is -0.458 e. The zero-order chi connectivity index (χ0) is 28.6. The molecule has 1 amide bonds. The van der Waals surface area contributed by atoms with Gasteiger partial charge < -0.3 is 29.7 Å². The Bertz CT molecular complexity index is 1020. The topological polar surface area (TPSA) is 148 Å². The number of Topliss-reactive ketones (excluding diaryl/α,β-unsaturated/α-hetero) is 1. The molecule has 0 spiro atoms. The summed E-state index contributed by atoms with van der Waals surface area (Å²) in [4.78, 5) is 49.7. The van der Waals surface area contributed by atoms with Gasteiger partial charge in [0.1, 0.15) is 5.60 Å². The Labute approximate surface area is 229 Å². The van der Waals surface area contributed by atoms with Crippen molar-refractivity contribution in [2.75, 3.05) is 27.4 Å². The highest BCUT2D eigenvalue weighted by Crippen LogP contribution is 2.67. The van der Waals surface area contributed by atoms with Gasteiger partial charge in [-0.3, -0.25) is 19.2 Å². The molecular weight excluding hydrogens is 506 g/mol. The molecule has 0 bridgehead atoms. The van der Waals surface area contributed by atoms with Gasteiger partial charge in [-0.15, -0.1) is 0 Å². The number of esters is 1. The number of amides is 1. The molecule has 3 fully saturated rings. The lowest BCUT2D eigenvalue weighted by Gasteiger charge is -2.60. The summed E-state index contributed by atoms with van der Waals surface area (Å²) < 4.78 is 15.2. The van der Waals surface area contributed by atoms with Crippen molar-refractivity contribution in [1.29, 1.82) is 0 Å². The maximum Gasteiger partial charge on any atom is 0.306 e. The molecule has 0 radical (unpaired) electrons. The van der Waals surface area contributed by atoms with Crippen molar-refractivity contribution in [2.45, 2.75) is 89.6 Å². The van der Waals surface area contributed by atoms with E-state index in [0.717, 1.165) is 24.8 Å². The summed E-state index contributed by atoms with van der Waals surface area (Å²) in [6.45, 7) is 3.60. The molecule has 4 rings (SSSR count). The van der Waals surface area contributed by atoms with E-state index >= 15 is 0 Å². The number of nitrogens with one attached hydrogen (secondary N) is 1. The van der Waals surface area contributed by atoms with Crippen LogP contribution in [0, 0.1) is 28.6 Å². The van der Waals surface area contributed by atoms with Gasteiger partial charge in [0.25, 0.3) is 0 Å². The monoisotopic (exact) mass is 549 g/mol. The summed E-state index contributed by atoms with van der Waals surface area (Å²) in [5.74, 6) is -1.34. The van der Waals surface area contributed by atoms with Gasteiger partial charge in [-0.2, -0.15) is 0 Å². The van der Waals surface area contributed by atoms with Crippen LogP contribution in [0.1, 0.15) is 71.6 Å². The lowest BCUT2D eigenvalue weighted by molar-refractivity contribution is -0.184. The van der Waals surface area contributed by atoms with E-state index in [0.29, 0.717) is 12.8 Å². The Balaban J connectivity index is 1.36.